The van der Waals surface area contributed by atoms with Gasteiger partial charge >= 0.3 is 6.03 Å². The van der Waals surface area contributed by atoms with Crippen molar-refractivity contribution in [2.75, 3.05) is 46.3 Å². The van der Waals surface area contributed by atoms with Gasteiger partial charge in [-0.25, -0.2) is 4.79 Å². The minimum absolute atomic E-state index is 0. The van der Waals surface area contributed by atoms with E-state index >= 15 is 0 Å². The van der Waals surface area contributed by atoms with Crippen molar-refractivity contribution in [2.24, 2.45) is 17.8 Å². The Balaban J connectivity index is 0.00000338. The fourth-order valence-electron chi connectivity index (χ4n) is 3.87. The van der Waals surface area contributed by atoms with Gasteiger partial charge in [0.2, 0.25) is 5.91 Å². The molecular weight excluding hydrogens is 352 g/mol. The van der Waals surface area contributed by atoms with Gasteiger partial charge in [-0.3, -0.25) is 4.79 Å². The molecule has 1 atom stereocenters. The van der Waals surface area contributed by atoms with Gasteiger partial charge in [0.15, 0.2) is 0 Å². The van der Waals surface area contributed by atoms with Gasteiger partial charge in [0, 0.05) is 39.1 Å². The van der Waals surface area contributed by atoms with Crippen molar-refractivity contribution >= 4 is 24.3 Å². The predicted molar refractivity (Wildman–Crippen MR) is 108 cm³/mol. The largest absolute Gasteiger partial charge is 0.343 e. The molecule has 6 nitrogen and oxygen atoms in total. The Morgan fingerprint density at radius 3 is 2.35 bits per heavy atom. The van der Waals surface area contributed by atoms with Crippen molar-refractivity contribution in [3.8, 4) is 0 Å². The summed E-state index contributed by atoms with van der Waals surface area (Å²) in [5, 5.41) is 6.22. The molecule has 2 saturated heterocycles. The molecule has 2 aliphatic rings. The van der Waals surface area contributed by atoms with Crippen LogP contribution in [0.3, 0.4) is 0 Å². The summed E-state index contributed by atoms with van der Waals surface area (Å²) in [6.45, 7) is 9.24. The Kier molecular flexibility index (Phi) is 10.3. The normalized spacial score (nSPS) is 21.5. The second-order valence-corrected chi connectivity index (χ2v) is 8.12. The molecule has 2 aliphatic heterocycles. The van der Waals surface area contributed by atoms with Gasteiger partial charge in [-0.2, -0.15) is 0 Å². The standard InChI is InChI=1S/C19H36N4O2.ClH/c1-15(2)12-21-19(25)23-8-4-5-17(14-23)11-18(24)22-9-6-16(7-10-22)13-20-3;/h15-17,20H,4-14H2,1-3H3,(H,21,25);1H. The van der Waals surface area contributed by atoms with E-state index in [0.29, 0.717) is 37.3 Å². The lowest BCUT2D eigenvalue weighted by Gasteiger charge is -2.35. The molecule has 3 amide bonds. The molecular formula is C19H37ClN4O2. The molecule has 0 aromatic rings. The second-order valence-electron chi connectivity index (χ2n) is 8.12. The molecule has 2 fully saturated rings. The van der Waals surface area contributed by atoms with Crippen molar-refractivity contribution < 1.29 is 9.59 Å². The monoisotopic (exact) mass is 388 g/mol. The fourth-order valence-corrected chi connectivity index (χ4v) is 3.87. The summed E-state index contributed by atoms with van der Waals surface area (Å²) in [6.07, 6.45) is 4.83. The summed E-state index contributed by atoms with van der Waals surface area (Å²) < 4.78 is 0. The van der Waals surface area contributed by atoms with Crippen molar-refractivity contribution in [3.05, 3.63) is 0 Å². The first-order valence-corrected chi connectivity index (χ1v) is 9.94. The molecule has 2 N–H and O–H groups in total. The highest BCUT2D eigenvalue weighted by molar-refractivity contribution is 5.85. The van der Waals surface area contributed by atoms with Crippen LogP contribution in [0.5, 0.6) is 0 Å². The van der Waals surface area contributed by atoms with Crippen molar-refractivity contribution in [2.45, 2.75) is 46.0 Å². The summed E-state index contributed by atoms with van der Waals surface area (Å²) in [5.74, 6) is 1.74. The molecule has 0 aromatic heterocycles. The van der Waals surface area contributed by atoms with Crippen molar-refractivity contribution in [1.29, 1.82) is 0 Å². The topological polar surface area (TPSA) is 64.7 Å². The van der Waals surface area contributed by atoms with E-state index in [-0.39, 0.29) is 24.3 Å². The van der Waals surface area contributed by atoms with Gasteiger partial charge in [-0.1, -0.05) is 13.8 Å². The number of hydrogen-bond donors (Lipinski definition) is 2. The Morgan fingerprint density at radius 2 is 1.73 bits per heavy atom. The molecule has 152 valence electrons. The van der Waals surface area contributed by atoms with Gasteiger partial charge in [0.05, 0.1) is 0 Å². The van der Waals surface area contributed by atoms with Crippen LogP contribution in [0.2, 0.25) is 0 Å². The maximum Gasteiger partial charge on any atom is 0.317 e. The number of hydrogen-bond acceptors (Lipinski definition) is 3. The summed E-state index contributed by atoms with van der Waals surface area (Å²) in [7, 11) is 1.99. The summed E-state index contributed by atoms with van der Waals surface area (Å²) >= 11 is 0. The number of nitrogens with zero attached hydrogens (tertiary/aromatic N) is 2. The maximum absolute atomic E-state index is 12.6. The number of carbonyl (C=O) groups is 2. The zero-order valence-electron chi connectivity index (χ0n) is 16.6. The Morgan fingerprint density at radius 1 is 1.04 bits per heavy atom. The highest BCUT2D eigenvalue weighted by Gasteiger charge is 2.28. The SMILES string of the molecule is CNCC1CCN(C(=O)CC2CCCN(C(=O)NCC(C)C)C2)CC1.Cl. The van der Waals surface area contributed by atoms with Crippen LogP contribution in [-0.4, -0.2) is 68.1 Å². The van der Waals surface area contributed by atoms with Crippen LogP contribution in [0, 0.1) is 17.8 Å². The highest BCUT2D eigenvalue weighted by atomic mass is 35.5. The van der Waals surface area contributed by atoms with Gasteiger partial charge < -0.3 is 20.4 Å². The first-order valence-electron chi connectivity index (χ1n) is 9.94. The quantitative estimate of drug-likeness (QED) is 0.734. The number of rotatable bonds is 6. The maximum atomic E-state index is 12.6. The zero-order valence-corrected chi connectivity index (χ0v) is 17.4. The van der Waals surface area contributed by atoms with Gasteiger partial charge in [-0.05, 0) is 57.0 Å². The number of likely N-dealkylation sites (tertiary alicyclic amines) is 2. The van der Waals surface area contributed by atoms with E-state index in [9.17, 15) is 9.59 Å². The molecule has 1 unspecified atom stereocenters. The molecule has 0 radical (unpaired) electrons. The average Bonchev–Trinajstić information content (AvgIpc) is 2.60. The summed E-state index contributed by atoms with van der Waals surface area (Å²) in [4.78, 5) is 28.8. The van der Waals surface area contributed by atoms with E-state index in [0.717, 1.165) is 51.9 Å². The van der Waals surface area contributed by atoms with E-state index < -0.39 is 0 Å². The third-order valence-corrected chi connectivity index (χ3v) is 5.39. The number of nitrogens with one attached hydrogen (secondary N) is 2. The number of amides is 3. The molecule has 0 spiro atoms. The molecule has 2 rings (SSSR count). The number of urea groups is 1. The highest BCUT2D eigenvalue weighted by Crippen LogP contribution is 2.23. The van der Waals surface area contributed by atoms with E-state index in [1.807, 2.05) is 16.8 Å². The lowest BCUT2D eigenvalue weighted by atomic mass is 9.92. The minimum Gasteiger partial charge on any atom is -0.343 e. The fraction of sp³-hybridized carbons (Fsp3) is 0.895. The Labute approximate surface area is 164 Å². The molecule has 0 aliphatic carbocycles. The number of carbonyl (C=O) groups excluding carboxylic acids is 2. The average molecular weight is 389 g/mol. The van der Waals surface area contributed by atoms with E-state index in [4.69, 9.17) is 0 Å². The van der Waals surface area contributed by atoms with Crippen LogP contribution < -0.4 is 10.6 Å². The molecule has 2 heterocycles. The number of halogens is 1. The molecule has 0 aromatic carbocycles. The van der Waals surface area contributed by atoms with E-state index in [1.54, 1.807) is 0 Å². The van der Waals surface area contributed by atoms with Gasteiger partial charge in [-0.15, -0.1) is 12.4 Å². The van der Waals surface area contributed by atoms with Crippen LogP contribution in [-0.2, 0) is 4.79 Å². The minimum atomic E-state index is 0. The summed E-state index contributed by atoms with van der Waals surface area (Å²) in [5.41, 5.74) is 0. The Bertz CT molecular complexity index is 439. The smallest absolute Gasteiger partial charge is 0.317 e. The summed E-state index contributed by atoms with van der Waals surface area (Å²) in [6, 6.07) is 0.0266. The third kappa shape index (κ3) is 7.31. The van der Waals surface area contributed by atoms with Crippen LogP contribution in [0.15, 0.2) is 0 Å². The van der Waals surface area contributed by atoms with Crippen LogP contribution in [0.4, 0.5) is 4.79 Å². The number of piperidine rings is 2. The molecule has 0 bridgehead atoms. The van der Waals surface area contributed by atoms with Crippen molar-refractivity contribution in [3.63, 3.8) is 0 Å². The van der Waals surface area contributed by atoms with E-state index in [1.165, 1.54) is 0 Å². The molecule has 26 heavy (non-hydrogen) atoms. The van der Waals surface area contributed by atoms with Crippen molar-refractivity contribution in [1.82, 2.24) is 20.4 Å². The lowest BCUT2D eigenvalue weighted by molar-refractivity contribution is -0.133. The van der Waals surface area contributed by atoms with Crippen LogP contribution in [0.25, 0.3) is 0 Å². The van der Waals surface area contributed by atoms with Crippen LogP contribution in [0.1, 0.15) is 46.0 Å². The van der Waals surface area contributed by atoms with E-state index in [2.05, 4.69) is 24.5 Å². The van der Waals surface area contributed by atoms with Gasteiger partial charge in [0.25, 0.3) is 0 Å². The first-order chi connectivity index (χ1) is 12.0. The second kappa shape index (κ2) is 11.7. The zero-order chi connectivity index (χ0) is 18.2. The predicted octanol–water partition coefficient (Wildman–Crippen LogP) is 2.33. The molecule has 7 heteroatoms. The van der Waals surface area contributed by atoms with Gasteiger partial charge in [0.1, 0.15) is 0 Å². The first kappa shape index (κ1) is 23.0. The Hall–Kier alpha value is -1.01. The lowest BCUT2D eigenvalue weighted by Crippen LogP contribution is -2.47. The molecule has 0 saturated carbocycles. The third-order valence-electron chi connectivity index (χ3n) is 5.39. The van der Waals surface area contributed by atoms with Crippen LogP contribution >= 0.6 is 12.4 Å².